The van der Waals surface area contributed by atoms with Gasteiger partial charge in [0.1, 0.15) is 0 Å². The lowest BCUT2D eigenvalue weighted by molar-refractivity contribution is 0.130. The van der Waals surface area contributed by atoms with Crippen molar-refractivity contribution in [2.24, 2.45) is 0 Å². The van der Waals surface area contributed by atoms with Crippen molar-refractivity contribution < 1.29 is 0 Å². The number of nitrogens with zero attached hydrogens (tertiary/aromatic N) is 1. The van der Waals surface area contributed by atoms with Crippen molar-refractivity contribution in [3.63, 3.8) is 0 Å². The van der Waals surface area contributed by atoms with Crippen LogP contribution in [-0.2, 0) is 6.42 Å². The van der Waals surface area contributed by atoms with Crippen molar-refractivity contribution in [1.29, 1.82) is 0 Å². The van der Waals surface area contributed by atoms with Crippen molar-refractivity contribution in [2.45, 2.75) is 44.7 Å². The average Bonchev–Trinajstić information content (AvgIpc) is 2.87. The first-order valence-corrected chi connectivity index (χ1v) is 7.80. The van der Waals surface area contributed by atoms with Gasteiger partial charge >= 0.3 is 0 Å². The fourth-order valence-electron chi connectivity index (χ4n) is 3.25. The van der Waals surface area contributed by atoms with Gasteiger partial charge in [-0.25, -0.2) is 0 Å². The number of aryl methyl sites for hydroxylation is 1. The van der Waals surface area contributed by atoms with E-state index in [-0.39, 0.29) is 0 Å². The van der Waals surface area contributed by atoms with E-state index in [2.05, 4.69) is 28.6 Å². The molecule has 2 unspecified atom stereocenters. The molecule has 0 amide bonds. The van der Waals surface area contributed by atoms with E-state index in [0.717, 1.165) is 6.54 Å². The van der Waals surface area contributed by atoms with Crippen LogP contribution < -0.4 is 5.32 Å². The van der Waals surface area contributed by atoms with Gasteiger partial charge in [-0.2, -0.15) is 0 Å². The molecule has 2 atom stereocenters. The molecule has 2 heterocycles. The molecule has 1 aliphatic carbocycles. The van der Waals surface area contributed by atoms with E-state index in [4.69, 9.17) is 0 Å². The zero-order chi connectivity index (χ0) is 11.7. The Labute approximate surface area is 108 Å². The SMILES string of the molecule is CCC1CN(C2CCCc3sccc32)CCN1. The van der Waals surface area contributed by atoms with Gasteiger partial charge in [0.05, 0.1) is 0 Å². The standard InChI is InChI=1S/C14H22N2S/c1-2-11-10-16(8-7-15-11)13-4-3-5-14-12(13)6-9-17-14/h6,9,11,13,15H,2-5,7-8,10H2,1H3. The lowest BCUT2D eigenvalue weighted by Gasteiger charge is -2.40. The van der Waals surface area contributed by atoms with E-state index >= 15 is 0 Å². The monoisotopic (exact) mass is 250 g/mol. The van der Waals surface area contributed by atoms with Gasteiger partial charge in [0, 0.05) is 36.6 Å². The molecule has 1 saturated heterocycles. The molecule has 3 heteroatoms. The Bertz CT molecular complexity index is 374. The summed E-state index contributed by atoms with van der Waals surface area (Å²) < 4.78 is 0. The van der Waals surface area contributed by atoms with Crippen LogP contribution in [0.5, 0.6) is 0 Å². The fraction of sp³-hybridized carbons (Fsp3) is 0.714. The average molecular weight is 250 g/mol. The normalized spacial score (nSPS) is 30.2. The molecule has 1 aromatic rings. The summed E-state index contributed by atoms with van der Waals surface area (Å²) in [5.74, 6) is 0. The summed E-state index contributed by atoms with van der Waals surface area (Å²) in [4.78, 5) is 4.36. The van der Waals surface area contributed by atoms with Crippen LogP contribution >= 0.6 is 11.3 Å². The van der Waals surface area contributed by atoms with Crippen LogP contribution in [0, 0.1) is 0 Å². The molecule has 2 nitrogen and oxygen atoms in total. The number of thiophene rings is 1. The molecule has 1 aliphatic heterocycles. The Kier molecular flexibility index (Phi) is 3.50. The molecule has 1 N–H and O–H groups in total. The minimum absolute atomic E-state index is 0.702. The van der Waals surface area contributed by atoms with Gasteiger partial charge in [0.25, 0.3) is 0 Å². The van der Waals surface area contributed by atoms with Crippen molar-refractivity contribution in [3.8, 4) is 0 Å². The number of fused-ring (bicyclic) bond motifs is 1. The molecule has 0 radical (unpaired) electrons. The molecule has 17 heavy (non-hydrogen) atoms. The number of hydrogen-bond acceptors (Lipinski definition) is 3. The molecule has 94 valence electrons. The fourth-order valence-corrected chi connectivity index (χ4v) is 4.23. The zero-order valence-corrected chi connectivity index (χ0v) is 11.4. The first kappa shape index (κ1) is 11.7. The summed E-state index contributed by atoms with van der Waals surface area (Å²) >= 11 is 1.96. The molecule has 0 aromatic carbocycles. The maximum Gasteiger partial charge on any atom is 0.0360 e. The lowest BCUT2D eigenvalue weighted by Crippen LogP contribution is -2.51. The van der Waals surface area contributed by atoms with Gasteiger partial charge in [0.15, 0.2) is 0 Å². The Morgan fingerprint density at radius 2 is 2.47 bits per heavy atom. The largest absolute Gasteiger partial charge is 0.311 e. The molecule has 1 aromatic heterocycles. The van der Waals surface area contributed by atoms with Crippen LogP contribution in [0.25, 0.3) is 0 Å². The second kappa shape index (κ2) is 5.09. The molecule has 3 rings (SSSR count). The van der Waals surface area contributed by atoms with Crippen molar-refractivity contribution in [1.82, 2.24) is 10.2 Å². The van der Waals surface area contributed by atoms with Crippen LogP contribution in [0.2, 0.25) is 0 Å². The van der Waals surface area contributed by atoms with Gasteiger partial charge in [-0.05, 0) is 42.7 Å². The van der Waals surface area contributed by atoms with Crippen LogP contribution in [-0.4, -0.2) is 30.6 Å². The van der Waals surface area contributed by atoms with E-state index in [1.165, 1.54) is 38.8 Å². The third-order valence-electron chi connectivity index (χ3n) is 4.24. The zero-order valence-electron chi connectivity index (χ0n) is 10.6. The Hall–Kier alpha value is -0.380. The number of rotatable bonds is 2. The molecule has 0 bridgehead atoms. The van der Waals surface area contributed by atoms with Crippen LogP contribution in [0.3, 0.4) is 0 Å². The number of hydrogen-bond donors (Lipinski definition) is 1. The highest BCUT2D eigenvalue weighted by molar-refractivity contribution is 7.10. The Morgan fingerprint density at radius 3 is 3.35 bits per heavy atom. The van der Waals surface area contributed by atoms with Gasteiger partial charge < -0.3 is 5.32 Å². The van der Waals surface area contributed by atoms with E-state index in [9.17, 15) is 0 Å². The van der Waals surface area contributed by atoms with E-state index in [0.29, 0.717) is 12.1 Å². The molecule has 0 saturated carbocycles. The smallest absolute Gasteiger partial charge is 0.0360 e. The second-order valence-electron chi connectivity index (χ2n) is 5.26. The molecule has 0 spiro atoms. The summed E-state index contributed by atoms with van der Waals surface area (Å²) in [6.07, 6.45) is 5.30. The number of nitrogens with one attached hydrogen (secondary N) is 1. The molecule has 2 aliphatic rings. The highest BCUT2D eigenvalue weighted by Gasteiger charge is 2.29. The molecular weight excluding hydrogens is 228 g/mol. The predicted octanol–water partition coefficient (Wildman–Crippen LogP) is 2.81. The quantitative estimate of drug-likeness (QED) is 0.868. The Morgan fingerprint density at radius 1 is 1.53 bits per heavy atom. The lowest BCUT2D eigenvalue weighted by atomic mass is 9.92. The van der Waals surface area contributed by atoms with E-state index in [1.54, 1.807) is 10.4 Å². The first-order chi connectivity index (χ1) is 8.38. The summed E-state index contributed by atoms with van der Waals surface area (Å²) in [5, 5.41) is 5.90. The van der Waals surface area contributed by atoms with Crippen LogP contribution in [0.15, 0.2) is 11.4 Å². The third kappa shape index (κ3) is 2.28. The van der Waals surface area contributed by atoms with Crippen molar-refractivity contribution in [3.05, 3.63) is 21.9 Å². The van der Waals surface area contributed by atoms with Gasteiger partial charge in [-0.15, -0.1) is 11.3 Å². The first-order valence-electron chi connectivity index (χ1n) is 6.92. The van der Waals surface area contributed by atoms with Crippen LogP contribution in [0.1, 0.15) is 42.7 Å². The van der Waals surface area contributed by atoms with Gasteiger partial charge in [-0.3, -0.25) is 4.90 Å². The molecular formula is C14H22N2S. The minimum Gasteiger partial charge on any atom is -0.311 e. The topological polar surface area (TPSA) is 15.3 Å². The number of piperazine rings is 1. The summed E-state index contributed by atoms with van der Waals surface area (Å²) in [6.45, 7) is 5.90. The van der Waals surface area contributed by atoms with E-state index < -0.39 is 0 Å². The van der Waals surface area contributed by atoms with Crippen molar-refractivity contribution in [2.75, 3.05) is 19.6 Å². The Balaban J connectivity index is 1.77. The van der Waals surface area contributed by atoms with Crippen LogP contribution in [0.4, 0.5) is 0 Å². The van der Waals surface area contributed by atoms with E-state index in [1.807, 2.05) is 11.3 Å². The predicted molar refractivity (Wildman–Crippen MR) is 73.7 cm³/mol. The summed E-state index contributed by atoms with van der Waals surface area (Å²) in [5.41, 5.74) is 1.64. The summed E-state index contributed by atoms with van der Waals surface area (Å²) in [6, 6.07) is 3.78. The highest BCUT2D eigenvalue weighted by Crippen LogP contribution is 2.37. The van der Waals surface area contributed by atoms with Gasteiger partial charge in [-0.1, -0.05) is 6.92 Å². The molecule has 1 fully saturated rings. The maximum atomic E-state index is 3.62. The maximum absolute atomic E-state index is 3.62. The second-order valence-corrected chi connectivity index (χ2v) is 6.26. The minimum atomic E-state index is 0.702. The van der Waals surface area contributed by atoms with Gasteiger partial charge in [0.2, 0.25) is 0 Å². The summed E-state index contributed by atoms with van der Waals surface area (Å²) in [7, 11) is 0. The van der Waals surface area contributed by atoms with Crippen molar-refractivity contribution >= 4 is 11.3 Å². The third-order valence-corrected chi connectivity index (χ3v) is 5.24. The highest BCUT2D eigenvalue weighted by atomic mass is 32.1.